The highest BCUT2D eigenvalue weighted by Gasteiger charge is 2.20. The summed E-state index contributed by atoms with van der Waals surface area (Å²) in [4.78, 5) is 9.16. The number of aryl methyl sites for hydroxylation is 2. The van der Waals surface area contributed by atoms with Crippen LogP contribution in [-0.4, -0.2) is 16.5 Å². The highest BCUT2D eigenvalue weighted by Crippen LogP contribution is 2.25. The van der Waals surface area contributed by atoms with Crippen molar-refractivity contribution in [3.8, 4) is 11.5 Å². The van der Waals surface area contributed by atoms with Gasteiger partial charge < -0.3 is 9.73 Å². The van der Waals surface area contributed by atoms with Gasteiger partial charge in [0.15, 0.2) is 5.76 Å². The Hall–Kier alpha value is -1.68. The molecule has 1 saturated heterocycles. The monoisotopic (exact) mass is 243 g/mol. The average molecular weight is 243 g/mol. The Kier molecular flexibility index (Phi) is 2.88. The molecule has 1 atom stereocenters. The highest BCUT2D eigenvalue weighted by atomic mass is 16.3. The third-order valence-electron chi connectivity index (χ3n) is 3.24. The molecule has 18 heavy (non-hydrogen) atoms. The van der Waals surface area contributed by atoms with Gasteiger partial charge in [0.2, 0.25) is 0 Å². The molecular weight excluding hydrogens is 226 g/mol. The standard InChI is InChI=1S/C14H17N3O/c1-9-8-12(13-6-5-10(2)18-13)17-14(16-9)11-4-3-7-15-11/h5-6,8,11,15H,3-4,7H2,1-2H3. The average Bonchev–Trinajstić information content (AvgIpc) is 2.98. The summed E-state index contributed by atoms with van der Waals surface area (Å²) in [6.45, 7) is 4.99. The second kappa shape index (κ2) is 4.53. The molecule has 0 spiro atoms. The van der Waals surface area contributed by atoms with E-state index in [1.807, 2.05) is 32.0 Å². The normalized spacial score (nSPS) is 19.3. The van der Waals surface area contributed by atoms with Crippen LogP contribution in [0.2, 0.25) is 0 Å². The molecule has 1 N–H and O–H groups in total. The molecule has 1 unspecified atom stereocenters. The van der Waals surface area contributed by atoms with Crippen LogP contribution in [0.15, 0.2) is 22.6 Å². The van der Waals surface area contributed by atoms with Crippen molar-refractivity contribution in [1.29, 1.82) is 0 Å². The Balaban J connectivity index is 1.99. The van der Waals surface area contributed by atoms with Crippen molar-refractivity contribution in [3.63, 3.8) is 0 Å². The largest absolute Gasteiger partial charge is 0.460 e. The molecule has 1 aliphatic heterocycles. The van der Waals surface area contributed by atoms with Crippen molar-refractivity contribution in [3.05, 3.63) is 35.5 Å². The first-order valence-electron chi connectivity index (χ1n) is 6.38. The molecule has 3 rings (SSSR count). The van der Waals surface area contributed by atoms with Gasteiger partial charge in [-0.05, 0) is 51.4 Å². The first-order chi connectivity index (χ1) is 8.72. The van der Waals surface area contributed by atoms with E-state index in [0.29, 0.717) is 6.04 Å². The number of nitrogens with one attached hydrogen (secondary N) is 1. The van der Waals surface area contributed by atoms with Crippen LogP contribution in [0.1, 0.15) is 36.2 Å². The molecule has 4 nitrogen and oxygen atoms in total. The van der Waals surface area contributed by atoms with Crippen molar-refractivity contribution in [2.24, 2.45) is 0 Å². The molecule has 3 heterocycles. The highest BCUT2D eigenvalue weighted by molar-refractivity contribution is 5.52. The van der Waals surface area contributed by atoms with Crippen LogP contribution < -0.4 is 5.32 Å². The topological polar surface area (TPSA) is 51.0 Å². The van der Waals surface area contributed by atoms with E-state index in [1.165, 1.54) is 6.42 Å². The number of furan rings is 1. The SMILES string of the molecule is Cc1cc(-c2ccc(C)o2)nc(C2CCCN2)n1. The molecule has 4 heteroatoms. The Bertz CT molecular complexity index is 556. The second-order valence-electron chi connectivity index (χ2n) is 4.81. The smallest absolute Gasteiger partial charge is 0.152 e. The lowest BCUT2D eigenvalue weighted by atomic mass is 10.2. The first kappa shape index (κ1) is 11.4. The van der Waals surface area contributed by atoms with E-state index < -0.39 is 0 Å². The second-order valence-corrected chi connectivity index (χ2v) is 4.81. The number of aromatic nitrogens is 2. The number of nitrogens with zero attached hydrogens (tertiary/aromatic N) is 2. The fourth-order valence-electron chi connectivity index (χ4n) is 2.35. The Labute approximate surface area is 106 Å². The Morgan fingerprint density at radius 1 is 1.28 bits per heavy atom. The Morgan fingerprint density at radius 2 is 2.17 bits per heavy atom. The fourth-order valence-corrected chi connectivity index (χ4v) is 2.35. The third-order valence-corrected chi connectivity index (χ3v) is 3.24. The molecule has 2 aromatic heterocycles. The molecule has 2 aromatic rings. The molecule has 0 aromatic carbocycles. The minimum atomic E-state index is 0.291. The zero-order chi connectivity index (χ0) is 12.5. The summed E-state index contributed by atoms with van der Waals surface area (Å²) in [5.41, 5.74) is 1.86. The zero-order valence-corrected chi connectivity index (χ0v) is 10.7. The van der Waals surface area contributed by atoms with Crippen molar-refractivity contribution in [2.45, 2.75) is 32.7 Å². The van der Waals surface area contributed by atoms with E-state index >= 15 is 0 Å². The maximum absolute atomic E-state index is 5.63. The minimum absolute atomic E-state index is 0.291. The van der Waals surface area contributed by atoms with Gasteiger partial charge in [-0.3, -0.25) is 0 Å². The van der Waals surface area contributed by atoms with Gasteiger partial charge in [-0.15, -0.1) is 0 Å². The van der Waals surface area contributed by atoms with E-state index in [2.05, 4.69) is 15.3 Å². The summed E-state index contributed by atoms with van der Waals surface area (Å²) in [6.07, 6.45) is 2.30. The molecular formula is C14H17N3O. The number of hydrogen-bond donors (Lipinski definition) is 1. The predicted octanol–water partition coefficient (Wildman–Crippen LogP) is 2.78. The van der Waals surface area contributed by atoms with Gasteiger partial charge in [0.05, 0.1) is 6.04 Å². The maximum Gasteiger partial charge on any atom is 0.152 e. The first-order valence-corrected chi connectivity index (χ1v) is 6.38. The lowest BCUT2D eigenvalue weighted by molar-refractivity contribution is 0.543. The van der Waals surface area contributed by atoms with Crippen LogP contribution in [-0.2, 0) is 0 Å². The fraction of sp³-hybridized carbons (Fsp3) is 0.429. The molecule has 1 fully saturated rings. The van der Waals surface area contributed by atoms with Gasteiger partial charge in [-0.1, -0.05) is 0 Å². The molecule has 0 aliphatic carbocycles. The van der Waals surface area contributed by atoms with Crippen molar-refractivity contribution < 1.29 is 4.42 Å². The summed E-state index contributed by atoms with van der Waals surface area (Å²) >= 11 is 0. The van der Waals surface area contributed by atoms with Crippen LogP contribution in [0.3, 0.4) is 0 Å². The van der Waals surface area contributed by atoms with Crippen LogP contribution in [0.5, 0.6) is 0 Å². The van der Waals surface area contributed by atoms with Gasteiger partial charge in [-0.2, -0.15) is 0 Å². The van der Waals surface area contributed by atoms with Crippen LogP contribution in [0.4, 0.5) is 0 Å². The lowest BCUT2D eigenvalue weighted by Crippen LogP contribution is -2.16. The van der Waals surface area contributed by atoms with Crippen LogP contribution in [0.25, 0.3) is 11.5 Å². The third kappa shape index (κ3) is 2.16. The van der Waals surface area contributed by atoms with Gasteiger partial charge in [0.25, 0.3) is 0 Å². The predicted molar refractivity (Wildman–Crippen MR) is 69.2 cm³/mol. The molecule has 0 bridgehead atoms. The maximum atomic E-state index is 5.63. The molecule has 94 valence electrons. The molecule has 0 radical (unpaired) electrons. The van der Waals surface area contributed by atoms with E-state index in [1.54, 1.807) is 0 Å². The van der Waals surface area contributed by atoms with E-state index in [9.17, 15) is 0 Å². The van der Waals surface area contributed by atoms with E-state index in [-0.39, 0.29) is 0 Å². The number of hydrogen-bond acceptors (Lipinski definition) is 4. The minimum Gasteiger partial charge on any atom is -0.460 e. The molecule has 0 saturated carbocycles. The van der Waals surface area contributed by atoms with E-state index in [4.69, 9.17) is 4.42 Å². The van der Waals surface area contributed by atoms with Gasteiger partial charge in [-0.25, -0.2) is 9.97 Å². The molecule has 1 aliphatic rings. The Morgan fingerprint density at radius 3 is 2.83 bits per heavy atom. The zero-order valence-electron chi connectivity index (χ0n) is 10.7. The van der Waals surface area contributed by atoms with E-state index in [0.717, 1.165) is 41.7 Å². The summed E-state index contributed by atoms with van der Waals surface area (Å²) < 4.78 is 5.63. The lowest BCUT2D eigenvalue weighted by Gasteiger charge is -2.10. The van der Waals surface area contributed by atoms with Crippen molar-refractivity contribution in [2.75, 3.05) is 6.54 Å². The van der Waals surface area contributed by atoms with Gasteiger partial charge in [0, 0.05) is 5.69 Å². The molecule has 0 amide bonds. The summed E-state index contributed by atoms with van der Waals surface area (Å²) in [7, 11) is 0. The van der Waals surface area contributed by atoms with Crippen LogP contribution in [0, 0.1) is 13.8 Å². The summed E-state index contributed by atoms with van der Waals surface area (Å²) in [5, 5.41) is 3.43. The summed E-state index contributed by atoms with van der Waals surface area (Å²) in [6, 6.07) is 6.18. The quantitative estimate of drug-likeness (QED) is 0.881. The van der Waals surface area contributed by atoms with Gasteiger partial charge in [0.1, 0.15) is 17.3 Å². The van der Waals surface area contributed by atoms with Crippen molar-refractivity contribution in [1.82, 2.24) is 15.3 Å². The number of rotatable bonds is 2. The summed E-state index contributed by atoms with van der Waals surface area (Å²) in [5.74, 6) is 2.61. The van der Waals surface area contributed by atoms with Gasteiger partial charge >= 0.3 is 0 Å². The van der Waals surface area contributed by atoms with Crippen molar-refractivity contribution >= 4 is 0 Å². The van der Waals surface area contributed by atoms with Crippen LogP contribution >= 0.6 is 0 Å².